The molecule has 33 heavy (non-hydrogen) atoms. The Kier molecular flexibility index (Phi) is 5.40. The molecule has 2 heterocycles. The van der Waals surface area contributed by atoms with Gasteiger partial charge in [-0.15, -0.1) is 0 Å². The monoisotopic (exact) mass is 443 g/mol. The second-order valence-electron chi connectivity index (χ2n) is 7.62. The number of para-hydroxylation sites is 1. The van der Waals surface area contributed by atoms with Crippen LogP contribution in [-0.2, 0) is 17.9 Å². The van der Waals surface area contributed by atoms with Gasteiger partial charge in [0.25, 0.3) is 5.56 Å². The number of hydrogen-bond donors (Lipinski definition) is 1. The lowest BCUT2D eigenvalue weighted by Gasteiger charge is -2.12. The molecule has 1 amide bonds. The number of nitrogens with zero attached hydrogens (tertiary/aromatic N) is 2. The van der Waals surface area contributed by atoms with E-state index in [2.05, 4.69) is 10.3 Å². The van der Waals surface area contributed by atoms with Gasteiger partial charge in [-0.2, -0.15) is 0 Å². The van der Waals surface area contributed by atoms with E-state index in [1.54, 1.807) is 43.3 Å². The van der Waals surface area contributed by atoms with E-state index >= 15 is 0 Å². The summed E-state index contributed by atoms with van der Waals surface area (Å²) in [6.07, 6.45) is 0. The molecule has 0 spiro atoms. The Bertz CT molecular complexity index is 1410. The predicted molar refractivity (Wildman–Crippen MR) is 123 cm³/mol. The molecule has 0 saturated carbocycles. The van der Waals surface area contributed by atoms with Gasteiger partial charge in [0.05, 0.1) is 10.9 Å². The van der Waals surface area contributed by atoms with E-state index in [0.717, 1.165) is 5.56 Å². The van der Waals surface area contributed by atoms with Gasteiger partial charge in [0.15, 0.2) is 11.5 Å². The number of nitrogens with one attached hydrogen (secondary N) is 1. The molecule has 166 valence electrons. The molecule has 8 heteroatoms. The molecule has 0 fully saturated rings. The molecule has 5 rings (SSSR count). The molecule has 0 unspecified atom stereocenters. The van der Waals surface area contributed by atoms with Crippen molar-refractivity contribution in [1.82, 2.24) is 9.55 Å². The zero-order valence-electron chi connectivity index (χ0n) is 17.9. The number of hydrogen-bond acceptors (Lipinski definition) is 6. The number of ether oxygens (including phenoxy) is 3. The fraction of sp³-hybridized carbons (Fsp3) is 0.160. The first-order valence-electron chi connectivity index (χ1n) is 10.4. The van der Waals surface area contributed by atoms with E-state index in [9.17, 15) is 9.59 Å². The summed E-state index contributed by atoms with van der Waals surface area (Å²) in [6, 6.07) is 19.9. The molecule has 0 radical (unpaired) electrons. The van der Waals surface area contributed by atoms with Crippen LogP contribution >= 0.6 is 0 Å². The number of carbonyl (C=O) groups excluding carboxylic acids is 1. The lowest BCUT2D eigenvalue weighted by atomic mass is 10.2. The van der Waals surface area contributed by atoms with Gasteiger partial charge in [0.1, 0.15) is 24.7 Å². The Morgan fingerprint density at radius 3 is 2.82 bits per heavy atom. The number of rotatable bonds is 6. The highest BCUT2D eigenvalue weighted by molar-refractivity contribution is 5.91. The molecule has 8 nitrogen and oxygen atoms in total. The van der Waals surface area contributed by atoms with Gasteiger partial charge in [-0.1, -0.05) is 24.3 Å². The third-order valence-corrected chi connectivity index (χ3v) is 5.31. The Morgan fingerprint density at radius 1 is 1.06 bits per heavy atom. The molecule has 0 saturated heterocycles. The second kappa shape index (κ2) is 8.66. The Balaban J connectivity index is 1.26. The normalized spacial score (nSPS) is 12.0. The molecule has 0 aliphatic carbocycles. The van der Waals surface area contributed by atoms with Crippen molar-refractivity contribution in [3.05, 3.63) is 88.5 Å². The van der Waals surface area contributed by atoms with Gasteiger partial charge in [-0.05, 0) is 48.9 Å². The third kappa shape index (κ3) is 4.36. The molecule has 3 aromatic carbocycles. The largest absolute Gasteiger partial charge is 0.489 e. The van der Waals surface area contributed by atoms with Crippen LogP contribution in [0.4, 0.5) is 5.69 Å². The summed E-state index contributed by atoms with van der Waals surface area (Å²) in [5.74, 6) is 2.18. The molecule has 0 atom stereocenters. The van der Waals surface area contributed by atoms with Gasteiger partial charge in [0.2, 0.25) is 12.7 Å². The Labute approximate surface area is 189 Å². The molecule has 1 aliphatic rings. The van der Waals surface area contributed by atoms with Crippen LogP contribution in [0.25, 0.3) is 10.9 Å². The number of benzene rings is 3. The lowest BCUT2D eigenvalue weighted by Crippen LogP contribution is -2.30. The highest BCUT2D eigenvalue weighted by atomic mass is 16.7. The smallest absolute Gasteiger partial charge is 0.261 e. The zero-order chi connectivity index (χ0) is 22.8. The molecule has 1 N–H and O–H groups in total. The van der Waals surface area contributed by atoms with Crippen molar-refractivity contribution in [2.24, 2.45) is 0 Å². The summed E-state index contributed by atoms with van der Waals surface area (Å²) in [4.78, 5) is 29.9. The van der Waals surface area contributed by atoms with Crippen molar-refractivity contribution in [2.45, 2.75) is 20.1 Å². The maximum Gasteiger partial charge on any atom is 0.261 e. The van der Waals surface area contributed by atoms with E-state index in [-0.39, 0.29) is 24.8 Å². The number of fused-ring (bicyclic) bond motifs is 2. The van der Waals surface area contributed by atoms with E-state index in [0.29, 0.717) is 46.3 Å². The van der Waals surface area contributed by atoms with Crippen molar-refractivity contribution in [1.29, 1.82) is 0 Å². The first-order valence-corrected chi connectivity index (χ1v) is 10.4. The number of carbonyl (C=O) groups is 1. The maximum absolute atomic E-state index is 12.8. The molecule has 1 aliphatic heterocycles. The average Bonchev–Trinajstić information content (AvgIpc) is 3.29. The van der Waals surface area contributed by atoms with Gasteiger partial charge >= 0.3 is 0 Å². The molecule has 0 bridgehead atoms. The van der Waals surface area contributed by atoms with Gasteiger partial charge in [-0.25, -0.2) is 4.98 Å². The third-order valence-electron chi connectivity index (χ3n) is 5.31. The molecule has 1 aromatic heterocycles. The first kappa shape index (κ1) is 20.6. The lowest BCUT2D eigenvalue weighted by molar-refractivity contribution is -0.116. The highest BCUT2D eigenvalue weighted by Gasteiger charge is 2.14. The number of aromatic nitrogens is 2. The second-order valence-corrected chi connectivity index (χ2v) is 7.62. The summed E-state index contributed by atoms with van der Waals surface area (Å²) in [5, 5.41) is 3.33. The van der Waals surface area contributed by atoms with Crippen molar-refractivity contribution in [2.75, 3.05) is 12.1 Å². The summed E-state index contributed by atoms with van der Waals surface area (Å²) < 4.78 is 17.9. The first-order chi connectivity index (χ1) is 16.1. The van der Waals surface area contributed by atoms with Gasteiger partial charge in [0, 0.05) is 11.8 Å². The Morgan fingerprint density at radius 2 is 1.91 bits per heavy atom. The van der Waals surface area contributed by atoms with E-state index in [4.69, 9.17) is 14.2 Å². The summed E-state index contributed by atoms with van der Waals surface area (Å²) in [5.41, 5.74) is 1.88. The van der Waals surface area contributed by atoms with Gasteiger partial charge in [-0.3, -0.25) is 14.2 Å². The highest BCUT2D eigenvalue weighted by Crippen LogP contribution is 2.35. The molecular formula is C25H21N3O5. The van der Waals surface area contributed by atoms with Crippen LogP contribution in [0.1, 0.15) is 11.4 Å². The van der Waals surface area contributed by atoms with Crippen LogP contribution in [0.5, 0.6) is 17.2 Å². The van der Waals surface area contributed by atoms with Crippen LogP contribution in [0.15, 0.2) is 71.5 Å². The van der Waals surface area contributed by atoms with E-state index in [1.165, 1.54) is 4.57 Å². The minimum atomic E-state index is -0.314. The quantitative estimate of drug-likeness (QED) is 0.489. The van der Waals surface area contributed by atoms with Crippen LogP contribution in [-0.4, -0.2) is 22.3 Å². The van der Waals surface area contributed by atoms with Crippen LogP contribution < -0.4 is 25.1 Å². The van der Waals surface area contributed by atoms with Crippen molar-refractivity contribution in [3.8, 4) is 17.2 Å². The van der Waals surface area contributed by atoms with Crippen molar-refractivity contribution in [3.63, 3.8) is 0 Å². The minimum Gasteiger partial charge on any atom is -0.489 e. The topological polar surface area (TPSA) is 91.7 Å². The van der Waals surface area contributed by atoms with E-state index in [1.807, 2.05) is 30.3 Å². The SMILES string of the molecule is Cc1nc2ccccc2c(=O)n1CC(=O)Nc1cccc(COc2ccc3c(c2)OCO3)c1. The standard InChI is InChI=1S/C25H21N3O5/c1-16-26-21-8-3-2-7-20(21)25(30)28(16)13-24(29)27-18-6-4-5-17(11-18)14-31-19-9-10-22-23(12-19)33-15-32-22/h2-12H,13-15H2,1H3,(H,27,29). The van der Waals surface area contributed by atoms with Crippen LogP contribution in [0.3, 0.4) is 0 Å². The molecule has 4 aromatic rings. The fourth-order valence-electron chi connectivity index (χ4n) is 3.68. The van der Waals surface area contributed by atoms with Crippen LogP contribution in [0, 0.1) is 6.92 Å². The number of anilines is 1. The Hall–Kier alpha value is -4.33. The summed E-state index contributed by atoms with van der Waals surface area (Å²) in [6.45, 7) is 2.12. The summed E-state index contributed by atoms with van der Waals surface area (Å²) in [7, 11) is 0. The maximum atomic E-state index is 12.8. The van der Waals surface area contributed by atoms with Crippen LogP contribution in [0.2, 0.25) is 0 Å². The van der Waals surface area contributed by atoms with E-state index < -0.39 is 0 Å². The molecular weight excluding hydrogens is 422 g/mol. The van der Waals surface area contributed by atoms with Crippen molar-refractivity contribution < 1.29 is 19.0 Å². The fourth-order valence-corrected chi connectivity index (χ4v) is 3.68. The number of amides is 1. The average molecular weight is 443 g/mol. The minimum absolute atomic E-state index is 0.125. The summed E-state index contributed by atoms with van der Waals surface area (Å²) >= 11 is 0. The number of aryl methyl sites for hydroxylation is 1. The predicted octanol–water partition coefficient (Wildman–Crippen LogP) is 3.65. The zero-order valence-corrected chi connectivity index (χ0v) is 17.9. The van der Waals surface area contributed by atoms with Gasteiger partial charge < -0.3 is 19.5 Å². The van der Waals surface area contributed by atoms with Crippen molar-refractivity contribution >= 4 is 22.5 Å².